The van der Waals surface area contributed by atoms with E-state index in [4.69, 9.17) is 10.5 Å². The van der Waals surface area contributed by atoms with Gasteiger partial charge in [-0.1, -0.05) is 43.7 Å². The quantitative estimate of drug-likeness (QED) is 0.713. The lowest BCUT2D eigenvalue weighted by Crippen LogP contribution is -2.43. The lowest BCUT2D eigenvalue weighted by molar-refractivity contribution is -0.144. The SMILES string of the molecule is CCCC(N)C(=O)NCC(C(=O)OCC)c1ccccc1. The van der Waals surface area contributed by atoms with E-state index in [1.807, 2.05) is 37.3 Å². The topological polar surface area (TPSA) is 81.4 Å². The van der Waals surface area contributed by atoms with Crippen LogP contribution in [0.25, 0.3) is 0 Å². The summed E-state index contributed by atoms with van der Waals surface area (Å²) < 4.78 is 5.08. The van der Waals surface area contributed by atoms with E-state index in [2.05, 4.69) is 5.32 Å². The van der Waals surface area contributed by atoms with Gasteiger partial charge in [0.2, 0.25) is 5.91 Å². The summed E-state index contributed by atoms with van der Waals surface area (Å²) in [6.07, 6.45) is 1.47. The largest absolute Gasteiger partial charge is 0.465 e. The summed E-state index contributed by atoms with van der Waals surface area (Å²) in [5, 5.41) is 2.74. The number of rotatable bonds is 8. The normalized spacial score (nSPS) is 13.3. The van der Waals surface area contributed by atoms with Crippen molar-refractivity contribution in [2.45, 2.75) is 38.6 Å². The van der Waals surface area contributed by atoms with Gasteiger partial charge >= 0.3 is 5.97 Å². The minimum Gasteiger partial charge on any atom is -0.465 e. The Hall–Kier alpha value is -1.88. The van der Waals surface area contributed by atoms with E-state index in [0.717, 1.165) is 12.0 Å². The van der Waals surface area contributed by atoms with Crippen LogP contribution < -0.4 is 11.1 Å². The molecule has 0 aliphatic rings. The number of carbonyl (C=O) groups excluding carboxylic acids is 2. The molecule has 0 heterocycles. The van der Waals surface area contributed by atoms with Crippen LogP contribution in [-0.4, -0.2) is 31.1 Å². The van der Waals surface area contributed by atoms with Crippen LogP contribution in [0.3, 0.4) is 0 Å². The molecule has 0 saturated carbocycles. The number of amides is 1. The van der Waals surface area contributed by atoms with Crippen molar-refractivity contribution in [3.63, 3.8) is 0 Å². The number of benzene rings is 1. The van der Waals surface area contributed by atoms with Crippen LogP contribution in [0.15, 0.2) is 30.3 Å². The van der Waals surface area contributed by atoms with E-state index < -0.39 is 12.0 Å². The third-order valence-electron chi connectivity index (χ3n) is 3.19. The first kappa shape index (κ1) is 17.2. The molecule has 1 rings (SSSR count). The average molecular weight is 292 g/mol. The van der Waals surface area contributed by atoms with Gasteiger partial charge in [-0.2, -0.15) is 0 Å². The summed E-state index contributed by atoms with van der Waals surface area (Å²) >= 11 is 0. The van der Waals surface area contributed by atoms with Crippen molar-refractivity contribution < 1.29 is 14.3 Å². The molecule has 0 aromatic heterocycles. The van der Waals surface area contributed by atoms with Gasteiger partial charge in [0.25, 0.3) is 0 Å². The summed E-state index contributed by atoms with van der Waals surface area (Å²) in [6.45, 7) is 4.23. The standard InChI is InChI=1S/C16H24N2O3/c1-3-8-14(17)15(19)18-11-13(16(20)21-4-2)12-9-6-5-7-10-12/h5-7,9-10,13-14H,3-4,8,11,17H2,1-2H3,(H,18,19). The van der Waals surface area contributed by atoms with Crippen LogP contribution in [0.2, 0.25) is 0 Å². The van der Waals surface area contributed by atoms with Crippen LogP contribution in [0.1, 0.15) is 38.2 Å². The van der Waals surface area contributed by atoms with Gasteiger partial charge in [-0.05, 0) is 18.9 Å². The third-order valence-corrected chi connectivity index (χ3v) is 3.19. The first-order valence-electron chi connectivity index (χ1n) is 7.35. The molecule has 0 bridgehead atoms. The number of nitrogens with two attached hydrogens (primary N) is 1. The summed E-state index contributed by atoms with van der Waals surface area (Å²) in [5.74, 6) is -1.08. The molecule has 0 fully saturated rings. The third kappa shape index (κ3) is 5.55. The number of esters is 1. The second kappa shape index (κ2) is 9.13. The number of carbonyl (C=O) groups is 2. The molecule has 2 unspecified atom stereocenters. The van der Waals surface area contributed by atoms with Gasteiger partial charge in [-0.3, -0.25) is 9.59 Å². The Morgan fingerprint density at radius 2 is 1.90 bits per heavy atom. The fourth-order valence-electron chi connectivity index (χ4n) is 2.04. The molecule has 0 aliphatic heterocycles. The molecule has 5 heteroatoms. The minimum absolute atomic E-state index is 0.194. The molecule has 1 aromatic carbocycles. The zero-order valence-electron chi connectivity index (χ0n) is 12.7. The average Bonchev–Trinajstić information content (AvgIpc) is 2.49. The second-order valence-electron chi connectivity index (χ2n) is 4.86. The highest BCUT2D eigenvalue weighted by molar-refractivity contribution is 5.83. The maximum atomic E-state index is 12.0. The monoisotopic (exact) mass is 292 g/mol. The fraction of sp³-hybridized carbons (Fsp3) is 0.500. The molecule has 0 saturated heterocycles. The lowest BCUT2D eigenvalue weighted by Gasteiger charge is -2.18. The Bertz CT molecular complexity index is 448. The number of ether oxygens (including phenoxy) is 1. The predicted octanol–water partition coefficient (Wildman–Crippen LogP) is 1.58. The number of hydrogen-bond donors (Lipinski definition) is 2. The summed E-state index contributed by atoms with van der Waals surface area (Å²) in [5.41, 5.74) is 6.58. The molecule has 0 aliphatic carbocycles. The molecule has 3 N–H and O–H groups in total. The first-order chi connectivity index (χ1) is 10.1. The maximum Gasteiger partial charge on any atom is 0.315 e. The van der Waals surface area contributed by atoms with Crippen molar-refractivity contribution in [2.24, 2.45) is 5.73 Å². The zero-order valence-corrected chi connectivity index (χ0v) is 12.7. The summed E-state index contributed by atoms with van der Waals surface area (Å²) in [6, 6.07) is 8.74. The minimum atomic E-state index is -0.534. The smallest absolute Gasteiger partial charge is 0.315 e. The summed E-state index contributed by atoms with van der Waals surface area (Å²) in [4.78, 5) is 23.9. The number of hydrogen-bond acceptors (Lipinski definition) is 4. The molecule has 1 amide bonds. The van der Waals surface area contributed by atoms with Crippen LogP contribution in [-0.2, 0) is 14.3 Å². The molecular weight excluding hydrogens is 268 g/mol. The predicted molar refractivity (Wildman–Crippen MR) is 81.7 cm³/mol. The maximum absolute atomic E-state index is 12.0. The Kier molecular flexibility index (Phi) is 7.46. The van der Waals surface area contributed by atoms with Crippen LogP contribution in [0.5, 0.6) is 0 Å². The highest BCUT2D eigenvalue weighted by Gasteiger charge is 2.23. The van der Waals surface area contributed by atoms with E-state index in [1.165, 1.54) is 0 Å². The van der Waals surface area contributed by atoms with Crippen molar-refractivity contribution in [1.82, 2.24) is 5.32 Å². The van der Waals surface area contributed by atoms with E-state index in [1.54, 1.807) is 6.92 Å². The molecule has 2 atom stereocenters. The highest BCUT2D eigenvalue weighted by Crippen LogP contribution is 2.16. The van der Waals surface area contributed by atoms with Crippen molar-refractivity contribution in [3.8, 4) is 0 Å². The molecule has 5 nitrogen and oxygen atoms in total. The van der Waals surface area contributed by atoms with Crippen molar-refractivity contribution in [3.05, 3.63) is 35.9 Å². The van der Waals surface area contributed by atoms with Gasteiger partial charge in [0, 0.05) is 6.54 Å². The first-order valence-corrected chi connectivity index (χ1v) is 7.35. The molecule has 0 radical (unpaired) electrons. The van der Waals surface area contributed by atoms with Gasteiger partial charge in [-0.25, -0.2) is 0 Å². The van der Waals surface area contributed by atoms with Crippen LogP contribution >= 0.6 is 0 Å². The van der Waals surface area contributed by atoms with Gasteiger partial charge in [0.15, 0.2) is 0 Å². The molecule has 1 aromatic rings. The lowest BCUT2D eigenvalue weighted by atomic mass is 9.99. The van der Waals surface area contributed by atoms with Crippen molar-refractivity contribution in [2.75, 3.05) is 13.2 Å². The molecule has 116 valence electrons. The fourth-order valence-corrected chi connectivity index (χ4v) is 2.04. The zero-order chi connectivity index (χ0) is 15.7. The Morgan fingerprint density at radius 3 is 2.48 bits per heavy atom. The van der Waals surface area contributed by atoms with Gasteiger partial charge in [0.1, 0.15) is 0 Å². The van der Waals surface area contributed by atoms with E-state index in [-0.39, 0.29) is 18.4 Å². The van der Waals surface area contributed by atoms with Gasteiger partial charge < -0.3 is 15.8 Å². The Morgan fingerprint density at radius 1 is 1.24 bits per heavy atom. The molecule has 21 heavy (non-hydrogen) atoms. The van der Waals surface area contributed by atoms with Crippen LogP contribution in [0, 0.1) is 0 Å². The number of nitrogens with one attached hydrogen (secondary N) is 1. The van der Waals surface area contributed by atoms with Crippen molar-refractivity contribution in [1.29, 1.82) is 0 Å². The Labute approximate surface area is 125 Å². The second-order valence-corrected chi connectivity index (χ2v) is 4.86. The highest BCUT2D eigenvalue weighted by atomic mass is 16.5. The molecular formula is C16H24N2O3. The van der Waals surface area contributed by atoms with Gasteiger partial charge in [-0.15, -0.1) is 0 Å². The molecule has 0 spiro atoms. The van der Waals surface area contributed by atoms with Gasteiger partial charge in [0.05, 0.1) is 18.6 Å². The van der Waals surface area contributed by atoms with Crippen LogP contribution in [0.4, 0.5) is 0 Å². The summed E-state index contributed by atoms with van der Waals surface area (Å²) in [7, 11) is 0. The van der Waals surface area contributed by atoms with E-state index in [0.29, 0.717) is 13.0 Å². The van der Waals surface area contributed by atoms with E-state index in [9.17, 15) is 9.59 Å². The Balaban J connectivity index is 2.70. The van der Waals surface area contributed by atoms with E-state index >= 15 is 0 Å². The van der Waals surface area contributed by atoms with Crippen molar-refractivity contribution >= 4 is 11.9 Å².